The van der Waals surface area contributed by atoms with Crippen LogP contribution in [0.2, 0.25) is 0 Å². The van der Waals surface area contributed by atoms with Crippen molar-refractivity contribution in [2.75, 3.05) is 12.8 Å². The monoisotopic (exact) mass is 463 g/mol. The van der Waals surface area contributed by atoms with Crippen LogP contribution in [0.15, 0.2) is 72.8 Å². The third kappa shape index (κ3) is 4.19. The molecule has 0 saturated heterocycles. The van der Waals surface area contributed by atoms with E-state index in [0.29, 0.717) is 17.9 Å². The quantitative estimate of drug-likeness (QED) is 0.360. The third-order valence-electron chi connectivity index (χ3n) is 4.99. The number of benzene rings is 3. The second-order valence-electron chi connectivity index (χ2n) is 6.99. The second-order valence-corrected chi connectivity index (χ2v) is 6.99. The minimum Gasteiger partial charge on any atom is -1.00 e. The number of carbonyl (C=O) groups is 1. The SMILES string of the molecule is COC(=O)c1ccc(C[n+]2nc(-c3ccc(C)cc3)c3ccccc3c2N)cc1.[Br-]. The molecule has 6 heteroatoms. The number of halogens is 1. The van der Waals surface area contributed by atoms with E-state index in [4.69, 9.17) is 15.6 Å². The lowest BCUT2D eigenvalue weighted by Gasteiger charge is -2.10. The molecule has 5 nitrogen and oxygen atoms in total. The van der Waals surface area contributed by atoms with Crippen molar-refractivity contribution in [2.45, 2.75) is 13.5 Å². The van der Waals surface area contributed by atoms with E-state index < -0.39 is 0 Å². The molecule has 0 aliphatic carbocycles. The maximum Gasteiger partial charge on any atom is 0.337 e. The molecule has 0 aliphatic rings. The Morgan fingerprint density at radius 1 is 0.967 bits per heavy atom. The summed E-state index contributed by atoms with van der Waals surface area (Å²) in [6.45, 7) is 2.56. The van der Waals surface area contributed by atoms with Crippen LogP contribution in [-0.4, -0.2) is 18.2 Å². The fourth-order valence-electron chi connectivity index (χ4n) is 3.36. The van der Waals surface area contributed by atoms with Gasteiger partial charge in [-0.15, -0.1) is 4.68 Å². The van der Waals surface area contributed by atoms with Gasteiger partial charge in [-0.05, 0) is 30.7 Å². The van der Waals surface area contributed by atoms with Gasteiger partial charge < -0.3 is 21.7 Å². The molecular weight excluding hydrogens is 442 g/mol. The van der Waals surface area contributed by atoms with Gasteiger partial charge in [-0.25, -0.2) is 4.79 Å². The summed E-state index contributed by atoms with van der Waals surface area (Å²) in [4.78, 5) is 11.6. The van der Waals surface area contributed by atoms with Crippen LogP contribution >= 0.6 is 0 Å². The van der Waals surface area contributed by atoms with Crippen LogP contribution in [0.4, 0.5) is 5.82 Å². The molecular formula is C24H22BrN3O2. The van der Waals surface area contributed by atoms with Crippen LogP contribution in [0, 0.1) is 6.92 Å². The van der Waals surface area contributed by atoms with Gasteiger partial charge >= 0.3 is 11.8 Å². The lowest BCUT2D eigenvalue weighted by molar-refractivity contribution is -0.730. The number of rotatable bonds is 4. The van der Waals surface area contributed by atoms with Crippen molar-refractivity contribution in [3.05, 3.63) is 89.5 Å². The summed E-state index contributed by atoms with van der Waals surface area (Å²) in [7, 11) is 1.37. The first-order valence-corrected chi connectivity index (χ1v) is 9.39. The number of fused-ring (bicyclic) bond motifs is 1. The molecule has 3 aromatic carbocycles. The maximum absolute atomic E-state index is 11.6. The summed E-state index contributed by atoms with van der Waals surface area (Å²) in [6, 6.07) is 23.6. The van der Waals surface area contributed by atoms with Crippen LogP contribution in [0.25, 0.3) is 22.0 Å². The van der Waals surface area contributed by atoms with E-state index in [-0.39, 0.29) is 23.0 Å². The first-order chi connectivity index (χ1) is 14.1. The van der Waals surface area contributed by atoms with E-state index in [1.165, 1.54) is 12.7 Å². The summed E-state index contributed by atoms with van der Waals surface area (Å²) in [5.74, 6) is 0.253. The highest BCUT2D eigenvalue weighted by Crippen LogP contribution is 2.28. The van der Waals surface area contributed by atoms with Crippen LogP contribution in [-0.2, 0) is 11.3 Å². The normalized spacial score (nSPS) is 10.5. The summed E-state index contributed by atoms with van der Waals surface area (Å²) in [6.07, 6.45) is 0. The van der Waals surface area contributed by atoms with Gasteiger partial charge in [0, 0.05) is 10.9 Å². The summed E-state index contributed by atoms with van der Waals surface area (Å²) < 4.78 is 6.57. The molecule has 0 saturated carbocycles. The Kier molecular flexibility index (Phi) is 6.47. The number of nitrogen functional groups attached to an aromatic ring is 1. The molecule has 0 fully saturated rings. The average molecular weight is 464 g/mol. The number of hydrogen-bond donors (Lipinski definition) is 1. The van der Waals surface area contributed by atoms with Gasteiger partial charge in [0.2, 0.25) is 0 Å². The van der Waals surface area contributed by atoms with Crippen LogP contribution in [0.5, 0.6) is 0 Å². The van der Waals surface area contributed by atoms with Crippen molar-refractivity contribution in [1.82, 2.24) is 5.10 Å². The van der Waals surface area contributed by atoms with Crippen molar-refractivity contribution in [2.24, 2.45) is 0 Å². The highest BCUT2D eigenvalue weighted by atomic mass is 79.9. The molecule has 1 aromatic heterocycles. The molecule has 0 spiro atoms. The Labute approximate surface area is 185 Å². The highest BCUT2D eigenvalue weighted by Gasteiger charge is 2.18. The standard InChI is InChI=1S/C24H21N3O2.BrH/c1-16-7-11-18(12-8-16)22-20-5-3-4-6-21(20)23(25)27(26-22)15-17-9-13-19(14-10-17)24(28)29-2;/h3-14,25H,15H2,1-2H3;1H. The summed E-state index contributed by atoms with van der Waals surface area (Å²) in [5.41, 5.74) is 11.1. The molecule has 0 unspecified atom stereocenters. The Morgan fingerprint density at radius 3 is 2.23 bits per heavy atom. The number of hydrogen-bond acceptors (Lipinski definition) is 4. The van der Waals surface area contributed by atoms with Crippen LogP contribution < -0.4 is 27.4 Å². The second kappa shape index (κ2) is 9.05. The minimum atomic E-state index is -0.353. The first kappa shape index (κ1) is 21.5. The van der Waals surface area contributed by atoms with E-state index >= 15 is 0 Å². The lowest BCUT2D eigenvalue weighted by Crippen LogP contribution is -3.00. The molecule has 30 heavy (non-hydrogen) atoms. The number of aryl methyl sites for hydroxylation is 1. The fourth-order valence-corrected chi connectivity index (χ4v) is 3.36. The van der Waals surface area contributed by atoms with Gasteiger partial charge in [-0.3, -0.25) is 5.73 Å². The largest absolute Gasteiger partial charge is 1.00 e. The van der Waals surface area contributed by atoms with Crippen LogP contribution in [0.3, 0.4) is 0 Å². The van der Waals surface area contributed by atoms with E-state index in [2.05, 4.69) is 31.2 Å². The predicted octanol–water partition coefficient (Wildman–Crippen LogP) is 0.919. The van der Waals surface area contributed by atoms with E-state index in [1.807, 2.05) is 41.1 Å². The number of nitrogens with zero attached hydrogens (tertiary/aromatic N) is 2. The number of esters is 1. The van der Waals surface area contributed by atoms with E-state index in [9.17, 15) is 4.79 Å². The molecule has 0 radical (unpaired) electrons. The Bertz CT molecular complexity index is 1190. The van der Waals surface area contributed by atoms with Gasteiger partial charge in [0.15, 0.2) is 0 Å². The van der Waals surface area contributed by atoms with Gasteiger partial charge in [0.1, 0.15) is 12.2 Å². The van der Waals surface area contributed by atoms with Crippen molar-refractivity contribution >= 4 is 22.6 Å². The number of anilines is 1. The van der Waals surface area contributed by atoms with Gasteiger partial charge in [0.05, 0.1) is 18.1 Å². The van der Waals surface area contributed by atoms with E-state index in [1.54, 1.807) is 12.1 Å². The fraction of sp³-hybridized carbons (Fsp3) is 0.125. The lowest BCUT2D eigenvalue weighted by atomic mass is 10.0. The molecule has 0 aliphatic heterocycles. The molecule has 152 valence electrons. The Hall–Kier alpha value is -3.25. The van der Waals surface area contributed by atoms with Gasteiger partial charge in [-0.2, -0.15) is 0 Å². The minimum absolute atomic E-state index is 0. The number of methoxy groups -OCH3 is 1. The number of carbonyl (C=O) groups excluding carboxylic acids is 1. The molecule has 4 aromatic rings. The van der Waals surface area contributed by atoms with Crippen molar-refractivity contribution in [3.8, 4) is 11.3 Å². The summed E-state index contributed by atoms with van der Waals surface area (Å²) >= 11 is 0. The topological polar surface area (TPSA) is 69.1 Å². The van der Waals surface area contributed by atoms with Crippen molar-refractivity contribution < 1.29 is 31.2 Å². The van der Waals surface area contributed by atoms with E-state index in [0.717, 1.165) is 27.6 Å². The first-order valence-electron chi connectivity index (χ1n) is 9.39. The molecule has 2 N–H and O–H groups in total. The maximum atomic E-state index is 11.6. The summed E-state index contributed by atoms with van der Waals surface area (Å²) in [5, 5.41) is 6.85. The molecule has 0 amide bonds. The van der Waals surface area contributed by atoms with Crippen LogP contribution in [0.1, 0.15) is 21.5 Å². The molecule has 0 bridgehead atoms. The van der Waals surface area contributed by atoms with Crippen molar-refractivity contribution in [1.29, 1.82) is 0 Å². The Morgan fingerprint density at radius 2 is 1.60 bits per heavy atom. The average Bonchev–Trinajstić information content (AvgIpc) is 2.76. The zero-order chi connectivity index (χ0) is 20.4. The molecule has 1 heterocycles. The van der Waals surface area contributed by atoms with Gasteiger partial charge in [0.25, 0.3) is 0 Å². The third-order valence-corrected chi connectivity index (χ3v) is 4.99. The molecule has 0 atom stereocenters. The van der Waals surface area contributed by atoms with Crippen molar-refractivity contribution in [3.63, 3.8) is 0 Å². The predicted molar refractivity (Wildman–Crippen MR) is 113 cm³/mol. The Balaban J connectivity index is 0.00000256. The zero-order valence-electron chi connectivity index (χ0n) is 16.8. The zero-order valence-corrected chi connectivity index (χ0v) is 18.4. The highest BCUT2D eigenvalue weighted by molar-refractivity contribution is 5.98. The number of ether oxygens (including phenoxy) is 1. The molecule has 4 rings (SSSR count). The van der Waals surface area contributed by atoms with Gasteiger partial charge in [-0.1, -0.05) is 65.3 Å². The smallest absolute Gasteiger partial charge is 0.337 e. The number of nitrogens with two attached hydrogens (primary N) is 1. The number of aromatic nitrogens is 2.